The number of nitro benzene ring substituents is 1. The van der Waals surface area contributed by atoms with Crippen molar-refractivity contribution in [2.75, 3.05) is 5.32 Å². The minimum atomic E-state index is -0.794. The van der Waals surface area contributed by atoms with E-state index in [-0.39, 0.29) is 5.56 Å². The fourth-order valence-corrected chi connectivity index (χ4v) is 2.09. The molecule has 0 aliphatic carbocycles. The van der Waals surface area contributed by atoms with Crippen molar-refractivity contribution < 1.29 is 14.1 Å². The number of nitrogens with zero attached hydrogens (tertiary/aromatic N) is 1. The predicted molar refractivity (Wildman–Crippen MR) is 77.2 cm³/mol. The first-order chi connectivity index (χ1) is 9.90. The molecule has 0 aliphatic heterocycles. The van der Waals surface area contributed by atoms with Crippen LogP contribution in [0.3, 0.4) is 0 Å². The number of amides is 1. The number of nitrogens with one attached hydrogen (secondary N) is 1. The first-order valence-corrected chi connectivity index (χ1v) is 6.28. The highest BCUT2D eigenvalue weighted by Crippen LogP contribution is 2.27. The number of benzene rings is 2. The first kappa shape index (κ1) is 14.9. The molecule has 1 N–H and O–H groups in total. The highest BCUT2D eigenvalue weighted by atomic mass is 35.5. The lowest BCUT2D eigenvalue weighted by Gasteiger charge is -2.10. The normalized spacial score (nSPS) is 10.2. The number of carbonyl (C=O) groups excluding carboxylic acids is 1. The number of carbonyl (C=O) groups is 1. The molecule has 5 nitrogen and oxygen atoms in total. The smallest absolute Gasteiger partial charge is 0.282 e. The van der Waals surface area contributed by atoms with Crippen LogP contribution in [0.1, 0.15) is 15.9 Å². The summed E-state index contributed by atoms with van der Waals surface area (Å²) in [5, 5.41) is 13.7. The van der Waals surface area contributed by atoms with Crippen LogP contribution in [0.15, 0.2) is 36.4 Å². The number of nitro groups is 1. The van der Waals surface area contributed by atoms with Crippen molar-refractivity contribution in [2.45, 2.75) is 6.92 Å². The van der Waals surface area contributed by atoms with Crippen LogP contribution >= 0.6 is 11.6 Å². The number of rotatable bonds is 3. The molecule has 21 heavy (non-hydrogen) atoms. The summed E-state index contributed by atoms with van der Waals surface area (Å²) in [4.78, 5) is 22.3. The largest absolute Gasteiger partial charge is 0.320 e. The van der Waals surface area contributed by atoms with Gasteiger partial charge in [-0.15, -0.1) is 0 Å². The summed E-state index contributed by atoms with van der Waals surface area (Å²) in [5.41, 5.74) is 0.190. The van der Waals surface area contributed by atoms with Crippen LogP contribution in [0.5, 0.6) is 0 Å². The number of anilines is 1. The number of aryl methyl sites for hydroxylation is 1. The SMILES string of the molecule is Cc1cccc(Cl)c1NC(=O)c1cc(F)ccc1[N+](=O)[O-]. The number of hydrogen-bond acceptors (Lipinski definition) is 3. The lowest BCUT2D eigenvalue weighted by atomic mass is 10.1. The molecule has 0 bridgehead atoms. The Morgan fingerprint density at radius 1 is 1.33 bits per heavy atom. The Hall–Kier alpha value is -2.47. The minimum absolute atomic E-state index is 0.294. The average Bonchev–Trinajstić information content (AvgIpc) is 2.42. The zero-order valence-corrected chi connectivity index (χ0v) is 11.6. The standard InChI is InChI=1S/C14H10ClFN2O3/c1-8-3-2-4-11(15)13(8)17-14(19)10-7-9(16)5-6-12(10)18(20)21/h2-7H,1H3,(H,17,19). The van der Waals surface area contributed by atoms with Crippen molar-refractivity contribution >= 4 is 28.9 Å². The summed E-state index contributed by atoms with van der Waals surface area (Å²) in [5.74, 6) is -1.53. The molecule has 108 valence electrons. The predicted octanol–water partition coefficient (Wildman–Crippen LogP) is 3.95. The molecule has 0 aromatic heterocycles. The summed E-state index contributed by atoms with van der Waals surface area (Å²) in [6.45, 7) is 1.72. The van der Waals surface area contributed by atoms with E-state index >= 15 is 0 Å². The summed E-state index contributed by atoms with van der Waals surface area (Å²) in [7, 11) is 0. The topological polar surface area (TPSA) is 72.2 Å². The van der Waals surface area contributed by atoms with Gasteiger partial charge in [-0.05, 0) is 30.7 Å². The van der Waals surface area contributed by atoms with Crippen LogP contribution in [0.4, 0.5) is 15.8 Å². The van der Waals surface area contributed by atoms with Crippen LogP contribution in [0, 0.1) is 22.9 Å². The summed E-state index contributed by atoms with van der Waals surface area (Å²) in [6, 6.07) is 7.70. The lowest BCUT2D eigenvalue weighted by molar-refractivity contribution is -0.385. The third-order valence-electron chi connectivity index (χ3n) is 2.86. The lowest BCUT2D eigenvalue weighted by Crippen LogP contribution is -2.15. The first-order valence-electron chi connectivity index (χ1n) is 5.90. The summed E-state index contributed by atoms with van der Waals surface area (Å²) < 4.78 is 13.2. The third-order valence-corrected chi connectivity index (χ3v) is 3.18. The Morgan fingerprint density at radius 3 is 2.67 bits per heavy atom. The molecule has 0 spiro atoms. The van der Waals surface area contributed by atoms with E-state index in [9.17, 15) is 19.3 Å². The Labute approximate surface area is 124 Å². The van der Waals surface area contributed by atoms with E-state index in [0.29, 0.717) is 16.3 Å². The van der Waals surface area contributed by atoms with Crippen LogP contribution < -0.4 is 5.32 Å². The summed E-state index contributed by atoms with van der Waals surface area (Å²) in [6.07, 6.45) is 0. The fourth-order valence-electron chi connectivity index (χ4n) is 1.82. The van der Waals surface area contributed by atoms with E-state index in [1.807, 2.05) is 0 Å². The van der Waals surface area contributed by atoms with Gasteiger partial charge in [0, 0.05) is 6.07 Å². The average molecular weight is 309 g/mol. The van der Waals surface area contributed by atoms with E-state index in [1.165, 1.54) is 0 Å². The molecule has 0 radical (unpaired) electrons. The van der Waals surface area contributed by atoms with E-state index in [4.69, 9.17) is 11.6 Å². The van der Waals surface area contributed by atoms with E-state index in [2.05, 4.69) is 5.32 Å². The molecule has 2 rings (SSSR count). The van der Waals surface area contributed by atoms with Crippen molar-refractivity contribution in [3.63, 3.8) is 0 Å². The minimum Gasteiger partial charge on any atom is -0.320 e. The summed E-state index contributed by atoms with van der Waals surface area (Å²) >= 11 is 5.97. The van der Waals surface area contributed by atoms with Crippen LogP contribution in [0.25, 0.3) is 0 Å². The van der Waals surface area contributed by atoms with Gasteiger partial charge in [0.05, 0.1) is 15.6 Å². The Morgan fingerprint density at radius 2 is 2.05 bits per heavy atom. The highest BCUT2D eigenvalue weighted by Gasteiger charge is 2.22. The molecule has 2 aromatic rings. The van der Waals surface area contributed by atoms with Crippen LogP contribution in [-0.2, 0) is 0 Å². The van der Waals surface area contributed by atoms with Gasteiger partial charge in [-0.3, -0.25) is 14.9 Å². The van der Waals surface area contributed by atoms with Gasteiger partial charge < -0.3 is 5.32 Å². The second-order valence-electron chi connectivity index (χ2n) is 4.30. The maximum absolute atomic E-state index is 13.2. The molecule has 0 atom stereocenters. The molecule has 0 unspecified atom stereocenters. The van der Waals surface area contributed by atoms with Crippen molar-refractivity contribution in [3.05, 3.63) is 68.5 Å². The maximum atomic E-state index is 13.2. The van der Waals surface area contributed by atoms with E-state index in [1.54, 1.807) is 25.1 Å². The molecule has 0 saturated carbocycles. The Bertz CT molecular complexity index is 714. The van der Waals surface area contributed by atoms with Gasteiger partial charge in [0.1, 0.15) is 11.4 Å². The molecular weight excluding hydrogens is 299 g/mol. The second kappa shape index (κ2) is 5.88. The number of para-hydroxylation sites is 1. The quantitative estimate of drug-likeness (QED) is 0.689. The molecule has 7 heteroatoms. The van der Waals surface area contributed by atoms with Crippen LogP contribution in [-0.4, -0.2) is 10.8 Å². The molecule has 0 aliphatic rings. The zero-order chi connectivity index (χ0) is 15.6. The molecule has 0 heterocycles. The Balaban J connectivity index is 2.41. The highest BCUT2D eigenvalue weighted by molar-refractivity contribution is 6.34. The molecule has 0 saturated heterocycles. The second-order valence-corrected chi connectivity index (χ2v) is 4.71. The van der Waals surface area contributed by atoms with Crippen molar-refractivity contribution in [3.8, 4) is 0 Å². The van der Waals surface area contributed by atoms with E-state index < -0.39 is 22.3 Å². The third kappa shape index (κ3) is 3.17. The van der Waals surface area contributed by atoms with Crippen molar-refractivity contribution in [1.82, 2.24) is 0 Å². The number of hydrogen-bond donors (Lipinski definition) is 1. The van der Waals surface area contributed by atoms with E-state index in [0.717, 1.165) is 18.2 Å². The molecular formula is C14H10ClFN2O3. The fraction of sp³-hybridized carbons (Fsp3) is 0.0714. The molecule has 2 aromatic carbocycles. The van der Waals surface area contributed by atoms with Crippen molar-refractivity contribution in [1.29, 1.82) is 0 Å². The van der Waals surface area contributed by atoms with Gasteiger partial charge in [-0.2, -0.15) is 0 Å². The Kier molecular flexibility index (Phi) is 4.18. The van der Waals surface area contributed by atoms with Gasteiger partial charge in [0.25, 0.3) is 11.6 Å². The monoisotopic (exact) mass is 308 g/mol. The number of halogens is 2. The van der Waals surface area contributed by atoms with Gasteiger partial charge in [-0.1, -0.05) is 23.7 Å². The van der Waals surface area contributed by atoms with Crippen molar-refractivity contribution in [2.24, 2.45) is 0 Å². The van der Waals surface area contributed by atoms with Gasteiger partial charge in [0.15, 0.2) is 0 Å². The zero-order valence-electron chi connectivity index (χ0n) is 10.9. The van der Waals surface area contributed by atoms with Gasteiger partial charge >= 0.3 is 0 Å². The molecule has 0 fully saturated rings. The maximum Gasteiger partial charge on any atom is 0.282 e. The molecule has 1 amide bonds. The van der Waals surface area contributed by atoms with Crippen LogP contribution in [0.2, 0.25) is 5.02 Å². The van der Waals surface area contributed by atoms with Gasteiger partial charge in [0.2, 0.25) is 0 Å². The van der Waals surface area contributed by atoms with Gasteiger partial charge in [-0.25, -0.2) is 4.39 Å².